The van der Waals surface area contributed by atoms with Crippen LogP contribution < -0.4 is 15.8 Å². The van der Waals surface area contributed by atoms with E-state index in [1.54, 1.807) is 12.1 Å². The molecule has 0 unspecified atom stereocenters. The first-order valence-corrected chi connectivity index (χ1v) is 7.17. The molecule has 0 heterocycles. The molecular weight excluding hydrogens is 252 g/mol. The minimum atomic E-state index is 0.0347. The summed E-state index contributed by atoms with van der Waals surface area (Å²) in [5, 5.41) is 2.92. The zero-order valence-corrected chi connectivity index (χ0v) is 11.7. The van der Waals surface area contributed by atoms with Crippen LogP contribution in [0.25, 0.3) is 0 Å². The molecule has 0 spiro atoms. The van der Waals surface area contributed by atoms with Crippen LogP contribution in [0, 0.1) is 0 Å². The number of allylic oxidation sites excluding steroid dienone is 1. The summed E-state index contributed by atoms with van der Waals surface area (Å²) in [6.45, 7) is 1.10. The van der Waals surface area contributed by atoms with Gasteiger partial charge in [0, 0.05) is 18.3 Å². The number of carbonyl (C=O) groups is 1. The van der Waals surface area contributed by atoms with E-state index in [0.717, 1.165) is 13.0 Å². The first kappa shape index (κ1) is 14.4. The molecule has 108 valence electrons. The van der Waals surface area contributed by atoms with E-state index < -0.39 is 0 Å². The van der Waals surface area contributed by atoms with Crippen molar-refractivity contribution in [2.45, 2.75) is 32.1 Å². The van der Waals surface area contributed by atoms with Gasteiger partial charge >= 0.3 is 0 Å². The highest BCUT2D eigenvalue weighted by atomic mass is 16.5. The summed E-state index contributed by atoms with van der Waals surface area (Å²) in [5.41, 5.74) is 7.79. The summed E-state index contributed by atoms with van der Waals surface area (Å²) >= 11 is 0. The van der Waals surface area contributed by atoms with E-state index in [2.05, 4.69) is 11.4 Å². The summed E-state index contributed by atoms with van der Waals surface area (Å²) < 4.78 is 5.49. The molecule has 0 fully saturated rings. The van der Waals surface area contributed by atoms with Crippen molar-refractivity contribution in [1.29, 1.82) is 0 Å². The van der Waals surface area contributed by atoms with Crippen molar-refractivity contribution in [2.24, 2.45) is 0 Å². The molecule has 1 aliphatic carbocycles. The second-order valence-corrected chi connectivity index (χ2v) is 5.03. The van der Waals surface area contributed by atoms with Gasteiger partial charge < -0.3 is 15.8 Å². The smallest absolute Gasteiger partial charge is 0.223 e. The van der Waals surface area contributed by atoms with Crippen molar-refractivity contribution in [3.63, 3.8) is 0 Å². The number of hydrogen-bond donors (Lipinski definition) is 2. The van der Waals surface area contributed by atoms with Gasteiger partial charge in [-0.1, -0.05) is 17.7 Å². The number of rotatable bonds is 7. The Morgan fingerprint density at radius 2 is 2.30 bits per heavy atom. The molecule has 1 aromatic rings. The molecule has 4 nitrogen and oxygen atoms in total. The maximum absolute atomic E-state index is 11.6. The molecule has 1 aliphatic rings. The third kappa shape index (κ3) is 4.96. The molecule has 3 N–H and O–H groups in total. The van der Waals surface area contributed by atoms with Crippen LogP contribution in [0.2, 0.25) is 0 Å². The molecule has 20 heavy (non-hydrogen) atoms. The average Bonchev–Trinajstić information content (AvgIpc) is 2.92. The Morgan fingerprint density at radius 3 is 3.05 bits per heavy atom. The zero-order chi connectivity index (χ0) is 14.2. The normalized spacial score (nSPS) is 13.9. The van der Waals surface area contributed by atoms with Crippen molar-refractivity contribution in [1.82, 2.24) is 5.32 Å². The molecule has 0 bridgehead atoms. The number of carbonyl (C=O) groups excluding carboxylic acids is 1. The molecule has 2 rings (SSSR count). The van der Waals surface area contributed by atoms with Crippen LogP contribution >= 0.6 is 0 Å². The zero-order valence-electron chi connectivity index (χ0n) is 11.7. The Bertz CT molecular complexity index is 483. The summed E-state index contributed by atoms with van der Waals surface area (Å²) in [4.78, 5) is 11.6. The molecular formula is C16H22N2O2. The predicted molar refractivity (Wildman–Crippen MR) is 80.5 cm³/mol. The number of amides is 1. The maximum Gasteiger partial charge on any atom is 0.223 e. The molecule has 0 radical (unpaired) electrons. The number of anilines is 1. The predicted octanol–water partition coefficient (Wildman–Crippen LogP) is 2.65. The van der Waals surface area contributed by atoms with Crippen LogP contribution in [0.4, 0.5) is 5.69 Å². The van der Waals surface area contributed by atoms with E-state index in [1.807, 2.05) is 12.1 Å². The Balaban J connectivity index is 1.58. The van der Waals surface area contributed by atoms with Gasteiger partial charge in [0.05, 0.1) is 13.0 Å². The second kappa shape index (κ2) is 7.58. The lowest BCUT2D eigenvalue weighted by Crippen LogP contribution is -2.26. The number of benzene rings is 1. The second-order valence-electron chi connectivity index (χ2n) is 5.03. The van der Waals surface area contributed by atoms with Gasteiger partial charge in [0.1, 0.15) is 5.75 Å². The molecule has 1 aromatic carbocycles. The highest BCUT2D eigenvalue weighted by molar-refractivity contribution is 5.76. The van der Waals surface area contributed by atoms with Crippen molar-refractivity contribution < 1.29 is 9.53 Å². The number of ether oxygens (including phenoxy) is 1. The highest BCUT2D eigenvalue weighted by Gasteiger charge is 2.06. The fourth-order valence-corrected chi connectivity index (χ4v) is 2.28. The van der Waals surface area contributed by atoms with E-state index >= 15 is 0 Å². The fraction of sp³-hybridized carbons (Fsp3) is 0.438. The van der Waals surface area contributed by atoms with Crippen molar-refractivity contribution in [2.75, 3.05) is 18.9 Å². The van der Waals surface area contributed by atoms with E-state index in [0.29, 0.717) is 24.5 Å². The summed E-state index contributed by atoms with van der Waals surface area (Å²) in [5.74, 6) is 0.737. The van der Waals surface area contributed by atoms with Gasteiger partial charge in [0.25, 0.3) is 0 Å². The van der Waals surface area contributed by atoms with Gasteiger partial charge in [0.2, 0.25) is 5.91 Å². The summed E-state index contributed by atoms with van der Waals surface area (Å²) in [7, 11) is 0. The molecule has 4 heteroatoms. The SMILES string of the molecule is Nc1cccc(OCCC(=O)NCCC2=CCCC2)c1. The third-order valence-electron chi connectivity index (χ3n) is 3.36. The fourth-order valence-electron chi connectivity index (χ4n) is 2.28. The van der Waals surface area contributed by atoms with Crippen molar-refractivity contribution in [3.8, 4) is 5.75 Å². The van der Waals surface area contributed by atoms with Crippen LogP contribution in [-0.4, -0.2) is 19.1 Å². The van der Waals surface area contributed by atoms with Crippen molar-refractivity contribution >= 4 is 11.6 Å². The molecule has 0 saturated carbocycles. The molecule has 0 saturated heterocycles. The Kier molecular flexibility index (Phi) is 5.47. The number of nitrogen functional groups attached to an aromatic ring is 1. The van der Waals surface area contributed by atoms with Gasteiger partial charge in [-0.2, -0.15) is 0 Å². The minimum absolute atomic E-state index is 0.0347. The monoisotopic (exact) mass is 274 g/mol. The lowest BCUT2D eigenvalue weighted by molar-refractivity contribution is -0.121. The number of hydrogen-bond acceptors (Lipinski definition) is 3. The van der Waals surface area contributed by atoms with Gasteiger partial charge in [-0.05, 0) is 37.8 Å². The topological polar surface area (TPSA) is 64.3 Å². The van der Waals surface area contributed by atoms with Gasteiger partial charge in [-0.25, -0.2) is 0 Å². The average molecular weight is 274 g/mol. The van der Waals surface area contributed by atoms with E-state index in [-0.39, 0.29) is 5.91 Å². The number of nitrogens with one attached hydrogen (secondary N) is 1. The van der Waals surface area contributed by atoms with E-state index in [9.17, 15) is 4.79 Å². The van der Waals surface area contributed by atoms with E-state index in [1.165, 1.54) is 24.8 Å². The Labute approximate surface area is 120 Å². The molecule has 1 amide bonds. The van der Waals surface area contributed by atoms with Crippen LogP contribution in [0.1, 0.15) is 32.1 Å². The van der Waals surface area contributed by atoms with E-state index in [4.69, 9.17) is 10.5 Å². The lowest BCUT2D eigenvalue weighted by atomic mass is 10.2. The standard InChI is InChI=1S/C16H22N2O2/c17-14-6-3-7-15(12-14)20-11-9-16(19)18-10-8-13-4-1-2-5-13/h3-4,6-7,12H,1-2,5,8-11,17H2,(H,18,19). The molecule has 0 aliphatic heterocycles. The highest BCUT2D eigenvalue weighted by Crippen LogP contribution is 2.19. The quantitative estimate of drug-likeness (QED) is 0.593. The van der Waals surface area contributed by atoms with Gasteiger partial charge in [0.15, 0.2) is 0 Å². The first-order valence-electron chi connectivity index (χ1n) is 7.17. The van der Waals surface area contributed by atoms with Crippen molar-refractivity contribution in [3.05, 3.63) is 35.9 Å². The molecule has 0 atom stereocenters. The Morgan fingerprint density at radius 1 is 1.40 bits per heavy atom. The lowest BCUT2D eigenvalue weighted by Gasteiger charge is -2.08. The third-order valence-corrected chi connectivity index (χ3v) is 3.36. The minimum Gasteiger partial charge on any atom is -0.493 e. The first-order chi connectivity index (χ1) is 9.74. The summed E-state index contributed by atoms with van der Waals surface area (Å²) in [6.07, 6.45) is 7.27. The van der Waals surface area contributed by atoms with Gasteiger partial charge in [-0.3, -0.25) is 4.79 Å². The largest absolute Gasteiger partial charge is 0.493 e. The molecule has 0 aromatic heterocycles. The summed E-state index contributed by atoms with van der Waals surface area (Å²) in [6, 6.07) is 7.22. The number of nitrogens with two attached hydrogens (primary N) is 1. The maximum atomic E-state index is 11.6. The van der Waals surface area contributed by atoms with Crippen LogP contribution in [0.15, 0.2) is 35.9 Å². The van der Waals surface area contributed by atoms with Gasteiger partial charge in [-0.15, -0.1) is 0 Å². The van der Waals surface area contributed by atoms with Crippen LogP contribution in [-0.2, 0) is 4.79 Å². The Hall–Kier alpha value is -1.97. The van der Waals surface area contributed by atoms with Crippen LogP contribution in [0.5, 0.6) is 5.75 Å². The van der Waals surface area contributed by atoms with Crippen LogP contribution in [0.3, 0.4) is 0 Å².